The van der Waals surface area contributed by atoms with Gasteiger partial charge in [-0.2, -0.15) is 0 Å². The van der Waals surface area contributed by atoms with E-state index in [9.17, 15) is 20.1 Å². The van der Waals surface area contributed by atoms with Crippen molar-refractivity contribution in [2.45, 2.75) is 32.6 Å². The average Bonchev–Trinajstić information content (AvgIpc) is 2.68. The first-order chi connectivity index (χ1) is 14.3. The average molecular weight is 404 g/mol. The van der Waals surface area contributed by atoms with Gasteiger partial charge in [0.15, 0.2) is 0 Å². The lowest BCUT2D eigenvalue weighted by Crippen LogP contribution is -2.18. The molecule has 1 aliphatic rings. The van der Waals surface area contributed by atoms with E-state index in [1.165, 1.54) is 30.0 Å². The Morgan fingerprint density at radius 2 is 1.83 bits per heavy atom. The van der Waals surface area contributed by atoms with E-state index in [0.717, 1.165) is 18.4 Å². The molecule has 0 bridgehead atoms. The van der Waals surface area contributed by atoms with Crippen LogP contribution in [0, 0.1) is 5.92 Å². The highest BCUT2D eigenvalue weighted by atomic mass is 16.3. The number of phenols is 3. The van der Waals surface area contributed by atoms with E-state index >= 15 is 0 Å². The number of allylic oxidation sites excluding steroid dienone is 3. The predicted molar refractivity (Wildman–Crippen MR) is 117 cm³/mol. The molecular formula is C25H24O5. The van der Waals surface area contributed by atoms with E-state index in [0.29, 0.717) is 11.1 Å². The number of rotatable bonds is 3. The molecule has 2 atom stereocenters. The molecule has 0 unspecified atom stereocenters. The Bertz CT molecular complexity index is 1230. The zero-order chi connectivity index (χ0) is 21.6. The maximum Gasteiger partial charge on any atom is 0.204 e. The van der Waals surface area contributed by atoms with Crippen molar-refractivity contribution in [3.63, 3.8) is 0 Å². The molecular weight excluding hydrogens is 380 g/mol. The summed E-state index contributed by atoms with van der Waals surface area (Å²) in [6.07, 6.45) is 5.26. The molecule has 154 valence electrons. The van der Waals surface area contributed by atoms with Gasteiger partial charge in [-0.15, -0.1) is 0 Å². The summed E-state index contributed by atoms with van der Waals surface area (Å²) in [5, 5.41) is 30.8. The van der Waals surface area contributed by atoms with Crippen LogP contribution in [0.25, 0.3) is 22.1 Å². The summed E-state index contributed by atoms with van der Waals surface area (Å²) in [6.45, 7) is 8.12. The van der Waals surface area contributed by atoms with Crippen molar-refractivity contribution in [1.29, 1.82) is 0 Å². The monoisotopic (exact) mass is 404 g/mol. The van der Waals surface area contributed by atoms with E-state index in [1.807, 2.05) is 13.8 Å². The van der Waals surface area contributed by atoms with Crippen LogP contribution in [0.15, 0.2) is 69.6 Å². The summed E-state index contributed by atoms with van der Waals surface area (Å²) in [7, 11) is 0. The highest BCUT2D eigenvalue weighted by Gasteiger charge is 2.31. The molecule has 0 aliphatic heterocycles. The topological polar surface area (TPSA) is 90.9 Å². The first-order valence-corrected chi connectivity index (χ1v) is 9.90. The van der Waals surface area contributed by atoms with Crippen molar-refractivity contribution in [3.05, 3.63) is 76.2 Å². The summed E-state index contributed by atoms with van der Waals surface area (Å²) < 4.78 is 5.88. The van der Waals surface area contributed by atoms with Crippen LogP contribution < -0.4 is 5.43 Å². The molecule has 4 rings (SSSR count). The van der Waals surface area contributed by atoms with Gasteiger partial charge >= 0.3 is 0 Å². The lowest BCUT2D eigenvalue weighted by atomic mass is 9.73. The quantitative estimate of drug-likeness (QED) is 0.495. The second kappa shape index (κ2) is 7.41. The Kier molecular flexibility index (Phi) is 4.90. The van der Waals surface area contributed by atoms with Gasteiger partial charge in [-0.05, 0) is 50.3 Å². The second-order valence-electron chi connectivity index (χ2n) is 8.09. The standard InChI is InChI=1S/C25H24O5/c1-13(2)17-9-4-14(3)10-18(17)22-20(27)11-21(28)23-24(29)19(12-30-25(22)23)15-5-7-16(26)8-6-15/h5-8,10-12,17-18,26-28H,1,4,9H2,2-3H3/t17-,18+/m1/s1. The minimum absolute atomic E-state index is 0.0328. The van der Waals surface area contributed by atoms with E-state index in [-0.39, 0.29) is 45.6 Å². The Morgan fingerprint density at radius 1 is 1.13 bits per heavy atom. The van der Waals surface area contributed by atoms with Crippen LogP contribution in [0.3, 0.4) is 0 Å². The third-order valence-corrected chi connectivity index (χ3v) is 5.94. The lowest BCUT2D eigenvalue weighted by molar-refractivity contribution is 0.425. The molecule has 0 fully saturated rings. The SMILES string of the molecule is C=C(C)[C@H]1CCC(C)=C[C@@H]1c1c(O)cc(O)c2c(=O)c(-c3ccc(O)cc3)coc12. The van der Waals surface area contributed by atoms with Crippen molar-refractivity contribution in [1.82, 2.24) is 0 Å². The number of aromatic hydroxyl groups is 3. The van der Waals surface area contributed by atoms with Crippen LogP contribution in [0.5, 0.6) is 17.2 Å². The first kappa shape index (κ1) is 19.8. The predicted octanol–water partition coefficient (Wildman–Crippen LogP) is 5.59. The lowest BCUT2D eigenvalue weighted by Gasteiger charge is -2.31. The largest absolute Gasteiger partial charge is 0.508 e. The van der Waals surface area contributed by atoms with Crippen LogP contribution in [0.4, 0.5) is 0 Å². The Labute approximate surface area is 174 Å². The Balaban J connectivity index is 1.99. The molecule has 5 nitrogen and oxygen atoms in total. The number of phenolic OH excluding ortho intramolecular Hbond substituents is 3. The summed E-state index contributed by atoms with van der Waals surface area (Å²) in [5.41, 5.74) is 3.29. The van der Waals surface area contributed by atoms with Crippen LogP contribution in [0.2, 0.25) is 0 Å². The zero-order valence-corrected chi connectivity index (χ0v) is 17.0. The molecule has 1 aliphatic carbocycles. The smallest absolute Gasteiger partial charge is 0.204 e. The molecule has 3 aromatic rings. The molecule has 0 spiro atoms. The fourth-order valence-corrected chi connectivity index (χ4v) is 4.36. The normalized spacial score (nSPS) is 18.9. The van der Waals surface area contributed by atoms with Crippen molar-refractivity contribution < 1.29 is 19.7 Å². The number of hydrogen-bond acceptors (Lipinski definition) is 5. The third-order valence-electron chi connectivity index (χ3n) is 5.94. The molecule has 1 heterocycles. The summed E-state index contributed by atoms with van der Waals surface area (Å²) in [5.74, 6) is -0.465. The molecule has 0 radical (unpaired) electrons. The molecule has 2 aromatic carbocycles. The van der Waals surface area contributed by atoms with Gasteiger partial charge in [-0.25, -0.2) is 0 Å². The van der Waals surface area contributed by atoms with Crippen LogP contribution in [-0.2, 0) is 0 Å². The highest BCUT2D eigenvalue weighted by molar-refractivity contribution is 5.91. The van der Waals surface area contributed by atoms with Gasteiger partial charge in [0, 0.05) is 17.5 Å². The van der Waals surface area contributed by atoms with Gasteiger partial charge in [-0.3, -0.25) is 4.79 Å². The maximum absolute atomic E-state index is 13.3. The minimum atomic E-state index is -0.399. The molecule has 0 saturated carbocycles. The van der Waals surface area contributed by atoms with E-state index in [1.54, 1.807) is 12.1 Å². The van der Waals surface area contributed by atoms with Gasteiger partial charge < -0.3 is 19.7 Å². The molecule has 3 N–H and O–H groups in total. The van der Waals surface area contributed by atoms with Crippen molar-refractivity contribution in [2.75, 3.05) is 0 Å². The molecule has 5 heteroatoms. The number of fused-ring (bicyclic) bond motifs is 1. The summed E-state index contributed by atoms with van der Waals surface area (Å²) >= 11 is 0. The molecule has 1 aromatic heterocycles. The van der Waals surface area contributed by atoms with Crippen molar-refractivity contribution in [2.24, 2.45) is 5.92 Å². The summed E-state index contributed by atoms with van der Waals surface area (Å²) in [6, 6.07) is 7.39. The van der Waals surface area contributed by atoms with Gasteiger partial charge in [0.2, 0.25) is 5.43 Å². The fraction of sp³-hybridized carbons (Fsp3) is 0.240. The third kappa shape index (κ3) is 3.26. The van der Waals surface area contributed by atoms with E-state index < -0.39 is 5.43 Å². The molecule has 30 heavy (non-hydrogen) atoms. The molecule has 0 amide bonds. The van der Waals surface area contributed by atoms with Crippen molar-refractivity contribution in [3.8, 4) is 28.4 Å². The fourth-order valence-electron chi connectivity index (χ4n) is 4.36. The Hall–Kier alpha value is -3.47. The minimum Gasteiger partial charge on any atom is -0.508 e. The Morgan fingerprint density at radius 3 is 2.50 bits per heavy atom. The zero-order valence-electron chi connectivity index (χ0n) is 17.0. The number of benzene rings is 2. The van der Waals surface area contributed by atoms with Gasteiger partial charge in [0.25, 0.3) is 0 Å². The van der Waals surface area contributed by atoms with E-state index in [4.69, 9.17) is 4.42 Å². The molecule has 0 saturated heterocycles. The second-order valence-corrected chi connectivity index (χ2v) is 8.09. The van der Waals surface area contributed by atoms with Gasteiger partial charge in [0.05, 0.1) is 5.56 Å². The maximum atomic E-state index is 13.3. The highest BCUT2D eigenvalue weighted by Crippen LogP contribution is 2.47. The van der Waals surface area contributed by atoms with Crippen LogP contribution >= 0.6 is 0 Å². The number of hydrogen-bond donors (Lipinski definition) is 3. The van der Waals surface area contributed by atoms with Gasteiger partial charge in [0.1, 0.15) is 34.5 Å². The van der Waals surface area contributed by atoms with Gasteiger partial charge in [-0.1, -0.05) is 35.9 Å². The summed E-state index contributed by atoms with van der Waals surface area (Å²) in [4.78, 5) is 13.3. The van der Waals surface area contributed by atoms with Crippen LogP contribution in [0.1, 0.15) is 38.2 Å². The van der Waals surface area contributed by atoms with E-state index in [2.05, 4.69) is 12.7 Å². The van der Waals surface area contributed by atoms with Crippen molar-refractivity contribution >= 4 is 11.0 Å². The van der Waals surface area contributed by atoms with Crippen LogP contribution in [-0.4, -0.2) is 15.3 Å². The first-order valence-electron chi connectivity index (χ1n) is 9.90.